The van der Waals surface area contributed by atoms with Crippen LogP contribution in [0.2, 0.25) is 0 Å². The van der Waals surface area contributed by atoms with E-state index in [0.717, 1.165) is 5.56 Å². The third-order valence-corrected chi connectivity index (χ3v) is 3.59. The smallest absolute Gasteiger partial charge is 0.303 e. The van der Waals surface area contributed by atoms with Crippen molar-refractivity contribution in [3.8, 4) is 0 Å². The highest BCUT2D eigenvalue weighted by Gasteiger charge is 2.09. The monoisotopic (exact) mass is 359 g/mol. The number of carboxylic acids is 1. The van der Waals surface area contributed by atoms with Crippen molar-refractivity contribution in [2.45, 2.75) is 45.1 Å². The molecule has 6 heteroatoms. The number of carboxylic acid groups (broad SMARTS) is 1. The summed E-state index contributed by atoms with van der Waals surface area (Å²) in [6, 6.07) is 4.72. The minimum Gasteiger partial charge on any atom is -0.481 e. The third kappa shape index (κ3) is 7.22. The zero-order valence-corrected chi connectivity index (χ0v) is 13.5. The fourth-order valence-corrected chi connectivity index (χ4v) is 2.41. The molecule has 0 aliphatic rings. The van der Waals surface area contributed by atoms with Crippen molar-refractivity contribution in [2.24, 2.45) is 0 Å². The number of aliphatic carboxylic acids is 1. The maximum Gasteiger partial charge on any atom is 0.303 e. The summed E-state index contributed by atoms with van der Waals surface area (Å²) in [5.41, 5.74) is 0.932. The summed E-state index contributed by atoms with van der Waals surface area (Å²) < 4.78 is 13.5. The Kier molecular flexibility index (Phi) is 7.36. The van der Waals surface area contributed by atoms with Gasteiger partial charge >= 0.3 is 5.97 Å². The minimum atomic E-state index is -0.842. The molecule has 116 valence electrons. The molecule has 0 radical (unpaired) electrons. The van der Waals surface area contributed by atoms with E-state index < -0.39 is 5.97 Å². The van der Waals surface area contributed by atoms with Gasteiger partial charge in [0, 0.05) is 18.9 Å². The molecule has 4 nitrogen and oxygen atoms in total. The molecule has 1 unspecified atom stereocenters. The van der Waals surface area contributed by atoms with Crippen molar-refractivity contribution < 1.29 is 19.1 Å². The van der Waals surface area contributed by atoms with E-state index in [0.29, 0.717) is 30.2 Å². The van der Waals surface area contributed by atoms with Gasteiger partial charge in [0.25, 0.3) is 0 Å². The van der Waals surface area contributed by atoms with E-state index in [9.17, 15) is 14.0 Å². The van der Waals surface area contributed by atoms with Crippen LogP contribution in [0.3, 0.4) is 0 Å². The number of rotatable bonds is 8. The molecule has 2 N–H and O–H groups in total. The number of halogens is 2. The predicted octanol–water partition coefficient (Wildman–Crippen LogP) is 3.28. The molecule has 0 fully saturated rings. The lowest BCUT2D eigenvalue weighted by Crippen LogP contribution is -2.33. The molecule has 0 aromatic heterocycles. The Hall–Kier alpha value is -1.43. The number of carbonyl (C=O) groups is 2. The molecule has 1 amide bonds. The van der Waals surface area contributed by atoms with Gasteiger partial charge in [-0.05, 0) is 59.8 Å². The highest BCUT2D eigenvalue weighted by Crippen LogP contribution is 2.17. The van der Waals surface area contributed by atoms with E-state index in [1.807, 2.05) is 6.92 Å². The van der Waals surface area contributed by atoms with Crippen LogP contribution in [-0.2, 0) is 16.0 Å². The maximum absolute atomic E-state index is 13.1. The van der Waals surface area contributed by atoms with Gasteiger partial charge in [-0.2, -0.15) is 0 Å². The first-order chi connectivity index (χ1) is 9.88. The van der Waals surface area contributed by atoms with E-state index >= 15 is 0 Å². The molecule has 1 rings (SSSR count). The van der Waals surface area contributed by atoms with E-state index in [1.54, 1.807) is 12.1 Å². The number of amides is 1. The van der Waals surface area contributed by atoms with E-state index in [-0.39, 0.29) is 24.2 Å². The van der Waals surface area contributed by atoms with E-state index in [1.165, 1.54) is 6.07 Å². The van der Waals surface area contributed by atoms with E-state index in [4.69, 9.17) is 5.11 Å². The Morgan fingerprint density at radius 1 is 1.33 bits per heavy atom. The van der Waals surface area contributed by atoms with Gasteiger partial charge in [-0.3, -0.25) is 9.59 Å². The van der Waals surface area contributed by atoms with Crippen molar-refractivity contribution in [3.05, 3.63) is 34.1 Å². The van der Waals surface area contributed by atoms with Crippen LogP contribution in [0.5, 0.6) is 0 Å². The van der Waals surface area contributed by atoms with Crippen LogP contribution in [0.25, 0.3) is 0 Å². The van der Waals surface area contributed by atoms with Gasteiger partial charge in [0.1, 0.15) is 5.82 Å². The Morgan fingerprint density at radius 2 is 2.00 bits per heavy atom. The largest absolute Gasteiger partial charge is 0.481 e. The molecule has 0 aliphatic carbocycles. The topological polar surface area (TPSA) is 66.4 Å². The molecule has 0 bridgehead atoms. The quantitative estimate of drug-likeness (QED) is 0.700. The third-order valence-electron chi connectivity index (χ3n) is 2.98. The molecule has 0 aliphatic heterocycles. The summed E-state index contributed by atoms with van der Waals surface area (Å²) in [4.78, 5) is 22.0. The van der Waals surface area contributed by atoms with Crippen molar-refractivity contribution in [2.75, 3.05) is 0 Å². The zero-order chi connectivity index (χ0) is 15.8. The van der Waals surface area contributed by atoms with Crippen LogP contribution < -0.4 is 5.32 Å². The second-order valence-corrected chi connectivity index (χ2v) is 5.88. The molecule has 0 heterocycles. The van der Waals surface area contributed by atoms with E-state index in [2.05, 4.69) is 21.2 Å². The van der Waals surface area contributed by atoms with Gasteiger partial charge in [0.15, 0.2) is 0 Å². The second-order valence-electron chi connectivity index (χ2n) is 5.02. The first-order valence-corrected chi connectivity index (χ1v) is 7.63. The van der Waals surface area contributed by atoms with Crippen LogP contribution in [0, 0.1) is 5.82 Å². The maximum atomic E-state index is 13.1. The Morgan fingerprint density at radius 3 is 2.62 bits per heavy atom. The molecule has 21 heavy (non-hydrogen) atoms. The number of nitrogens with one attached hydrogen (secondary N) is 1. The van der Waals surface area contributed by atoms with Crippen molar-refractivity contribution in [1.29, 1.82) is 0 Å². The van der Waals surface area contributed by atoms with Crippen LogP contribution in [-0.4, -0.2) is 23.0 Å². The summed E-state index contributed by atoms with van der Waals surface area (Å²) in [6.45, 7) is 1.88. The molecular weight excluding hydrogens is 341 g/mol. The Labute approximate surface area is 131 Å². The van der Waals surface area contributed by atoms with Crippen LogP contribution >= 0.6 is 15.9 Å². The van der Waals surface area contributed by atoms with Gasteiger partial charge < -0.3 is 10.4 Å². The molecule has 1 aromatic rings. The first-order valence-electron chi connectivity index (χ1n) is 6.83. The van der Waals surface area contributed by atoms with Gasteiger partial charge in [0.2, 0.25) is 5.91 Å². The average Bonchev–Trinajstić information content (AvgIpc) is 2.38. The number of benzene rings is 1. The number of unbranched alkanes of at least 4 members (excludes halogenated alkanes) is 1. The van der Waals surface area contributed by atoms with Crippen LogP contribution in [0.4, 0.5) is 4.39 Å². The summed E-state index contributed by atoms with van der Waals surface area (Å²) in [6.07, 6.45) is 2.09. The van der Waals surface area contributed by atoms with Crippen LogP contribution in [0.1, 0.15) is 38.2 Å². The Bertz CT molecular complexity index is 508. The molecule has 0 saturated heterocycles. The second kappa shape index (κ2) is 8.77. The Balaban J connectivity index is 2.32. The van der Waals surface area contributed by atoms with Crippen molar-refractivity contribution in [1.82, 2.24) is 5.32 Å². The fraction of sp³-hybridized carbons (Fsp3) is 0.467. The number of hydrogen-bond donors (Lipinski definition) is 2. The predicted molar refractivity (Wildman–Crippen MR) is 81.5 cm³/mol. The molecule has 0 saturated carbocycles. The minimum absolute atomic E-state index is 0.0608. The standard InChI is InChI=1S/C15H19BrFNO3/c1-10(8-11-6-7-13(17)12(16)9-11)18-14(19)4-2-3-5-15(20)21/h6-7,9-10H,2-5,8H2,1H3,(H,18,19)(H,20,21). The molecule has 0 spiro atoms. The SMILES string of the molecule is CC(Cc1ccc(F)c(Br)c1)NC(=O)CCCCC(=O)O. The highest BCUT2D eigenvalue weighted by molar-refractivity contribution is 9.10. The first kappa shape index (κ1) is 17.6. The summed E-state index contributed by atoms with van der Waals surface area (Å²) in [7, 11) is 0. The lowest BCUT2D eigenvalue weighted by molar-refractivity contribution is -0.137. The van der Waals surface area contributed by atoms with Gasteiger partial charge in [0.05, 0.1) is 4.47 Å². The summed E-state index contributed by atoms with van der Waals surface area (Å²) >= 11 is 3.13. The summed E-state index contributed by atoms with van der Waals surface area (Å²) in [5, 5.41) is 11.4. The van der Waals surface area contributed by atoms with Crippen LogP contribution in [0.15, 0.2) is 22.7 Å². The fourth-order valence-electron chi connectivity index (χ4n) is 1.98. The normalized spacial score (nSPS) is 12.0. The van der Waals surface area contributed by atoms with Crippen molar-refractivity contribution in [3.63, 3.8) is 0 Å². The molecular formula is C15H19BrFNO3. The summed E-state index contributed by atoms with van der Waals surface area (Å²) in [5.74, 6) is -1.24. The average molecular weight is 360 g/mol. The molecule has 1 atom stereocenters. The zero-order valence-electron chi connectivity index (χ0n) is 11.9. The molecule has 1 aromatic carbocycles. The van der Waals surface area contributed by atoms with Crippen molar-refractivity contribution >= 4 is 27.8 Å². The number of carbonyl (C=O) groups excluding carboxylic acids is 1. The lowest BCUT2D eigenvalue weighted by atomic mass is 10.1. The number of hydrogen-bond acceptors (Lipinski definition) is 2. The highest BCUT2D eigenvalue weighted by atomic mass is 79.9. The van der Waals surface area contributed by atoms with Gasteiger partial charge in [-0.1, -0.05) is 6.07 Å². The van der Waals surface area contributed by atoms with Gasteiger partial charge in [-0.15, -0.1) is 0 Å². The van der Waals surface area contributed by atoms with Gasteiger partial charge in [-0.25, -0.2) is 4.39 Å². The lowest BCUT2D eigenvalue weighted by Gasteiger charge is -2.14.